The molecule has 0 unspecified atom stereocenters. The van der Waals surface area contributed by atoms with Gasteiger partial charge in [-0.3, -0.25) is 4.72 Å². The van der Waals surface area contributed by atoms with E-state index in [0.717, 1.165) is 10.5 Å². The van der Waals surface area contributed by atoms with Gasteiger partial charge in [-0.1, -0.05) is 35.9 Å². The standard InChI is InChI=1S/C20H18ClFN4OS/c1-27-18-8-7-14(10-17(18)22)16-9-13(11-24-19(16)21)12-25-20(23)26-28-15-5-3-2-4-6-15/h2-11H,12H2,1H3,(H3,23,25,26). The zero-order chi connectivity index (χ0) is 19.9. The first-order valence-electron chi connectivity index (χ1n) is 8.33. The van der Waals surface area contributed by atoms with Gasteiger partial charge in [0.1, 0.15) is 5.15 Å². The zero-order valence-electron chi connectivity index (χ0n) is 15.0. The highest BCUT2D eigenvalue weighted by Gasteiger charge is 2.10. The van der Waals surface area contributed by atoms with E-state index in [0.29, 0.717) is 23.6 Å². The number of aliphatic imine (C=N–C) groups is 1. The number of nitrogens with two attached hydrogens (primary N) is 1. The number of methoxy groups -OCH3 is 1. The van der Waals surface area contributed by atoms with Crippen LogP contribution < -0.4 is 15.2 Å². The van der Waals surface area contributed by atoms with Crippen LogP contribution in [0, 0.1) is 5.82 Å². The Morgan fingerprint density at radius 2 is 2.04 bits per heavy atom. The Bertz CT molecular complexity index is 985. The fourth-order valence-electron chi connectivity index (χ4n) is 2.42. The Hall–Kier alpha value is -2.77. The van der Waals surface area contributed by atoms with Crippen LogP contribution in [0.5, 0.6) is 5.75 Å². The number of rotatable bonds is 6. The molecular formula is C20H18ClFN4OS. The van der Waals surface area contributed by atoms with Crippen molar-refractivity contribution in [3.8, 4) is 16.9 Å². The predicted molar refractivity (Wildman–Crippen MR) is 112 cm³/mol. The van der Waals surface area contributed by atoms with Crippen molar-refractivity contribution in [2.45, 2.75) is 11.4 Å². The lowest BCUT2D eigenvalue weighted by molar-refractivity contribution is 0.386. The number of nitrogens with zero attached hydrogens (tertiary/aromatic N) is 2. The quantitative estimate of drug-likeness (QED) is 0.264. The number of ether oxygens (including phenoxy) is 1. The molecule has 0 aliphatic heterocycles. The van der Waals surface area contributed by atoms with Crippen LogP contribution in [0.4, 0.5) is 4.39 Å². The first kappa shape index (κ1) is 20.0. The predicted octanol–water partition coefficient (Wildman–Crippen LogP) is 4.66. The van der Waals surface area contributed by atoms with E-state index in [-0.39, 0.29) is 10.9 Å². The molecule has 0 saturated carbocycles. The summed E-state index contributed by atoms with van der Waals surface area (Å²) in [6.07, 6.45) is 1.62. The summed E-state index contributed by atoms with van der Waals surface area (Å²) >= 11 is 7.57. The normalized spacial score (nSPS) is 11.3. The van der Waals surface area contributed by atoms with Crippen molar-refractivity contribution in [2.24, 2.45) is 10.7 Å². The fourth-order valence-corrected chi connectivity index (χ4v) is 3.22. The third-order valence-electron chi connectivity index (χ3n) is 3.81. The van der Waals surface area contributed by atoms with Crippen LogP contribution >= 0.6 is 23.5 Å². The summed E-state index contributed by atoms with van der Waals surface area (Å²) in [6, 6.07) is 16.2. The first-order valence-corrected chi connectivity index (χ1v) is 9.52. The molecule has 0 aliphatic carbocycles. The summed E-state index contributed by atoms with van der Waals surface area (Å²) in [5.41, 5.74) is 7.92. The number of benzene rings is 2. The van der Waals surface area contributed by atoms with Gasteiger partial charge >= 0.3 is 0 Å². The highest BCUT2D eigenvalue weighted by molar-refractivity contribution is 7.98. The van der Waals surface area contributed by atoms with Crippen LogP contribution in [-0.4, -0.2) is 18.1 Å². The summed E-state index contributed by atoms with van der Waals surface area (Å²) in [4.78, 5) is 9.51. The SMILES string of the molecule is COc1ccc(-c2cc(CN=C(N)NSc3ccccc3)cnc2Cl)cc1F. The van der Waals surface area contributed by atoms with Crippen molar-refractivity contribution in [3.05, 3.63) is 77.3 Å². The molecule has 3 rings (SSSR count). The molecule has 1 heterocycles. The number of hydrogen-bond donors (Lipinski definition) is 2. The molecule has 2 aromatic carbocycles. The summed E-state index contributed by atoms with van der Waals surface area (Å²) < 4.78 is 21.9. The maximum absolute atomic E-state index is 14.0. The van der Waals surface area contributed by atoms with Gasteiger partial charge in [0.15, 0.2) is 17.5 Å². The Morgan fingerprint density at radius 1 is 1.25 bits per heavy atom. The third kappa shape index (κ3) is 5.15. The molecule has 28 heavy (non-hydrogen) atoms. The molecule has 0 radical (unpaired) electrons. The largest absolute Gasteiger partial charge is 0.494 e. The molecule has 1 aromatic heterocycles. The lowest BCUT2D eigenvalue weighted by Gasteiger charge is -2.09. The average molecular weight is 417 g/mol. The van der Waals surface area contributed by atoms with E-state index in [1.165, 1.54) is 25.1 Å². The molecule has 0 bridgehead atoms. The van der Waals surface area contributed by atoms with Gasteiger partial charge in [-0.25, -0.2) is 14.4 Å². The molecule has 5 nitrogen and oxygen atoms in total. The van der Waals surface area contributed by atoms with E-state index in [9.17, 15) is 4.39 Å². The van der Waals surface area contributed by atoms with Crippen LogP contribution in [-0.2, 0) is 6.54 Å². The minimum atomic E-state index is -0.467. The lowest BCUT2D eigenvalue weighted by Crippen LogP contribution is -2.25. The Morgan fingerprint density at radius 3 is 2.75 bits per heavy atom. The first-order chi connectivity index (χ1) is 13.6. The number of halogens is 2. The van der Waals surface area contributed by atoms with E-state index < -0.39 is 5.82 Å². The Kier molecular flexibility index (Phi) is 6.73. The Balaban J connectivity index is 1.71. The molecule has 0 saturated heterocycles. The Labute approximate surface area is 171 Å². The van der Waals surface area contributed by atoms with Gasteiger partial charge in [0, 0.05) is 16.7 Å². The van der Waals surface area contributed by atoms with E-state index in [1.54, 1.807) is 18.3 Å². The number of guanidine groups is 1. The average Bonchev–Trinajstić information content (AvgIpc) is 2.72. The van der Waals surface area contributed by atoms with Crippen LogP contribution in [0.1, 0.15) is 5.56 Å². The monoisotopic (exact) mass is 416 g/mol. The van der Waals surface area contributed by atoms with Crippen LogP contribution in [0.3, 0.4) is 0 Å². The molecule has 0 amide bonds. The molecule has 0 aliphatic rings. The highest BCUT2D eigenvalue weighted by Crippen LogP contribution is 2.30. The van der Waals surface area contributed by atoms with Crippen molar-refractivity contribution in [1.29, 1.82) is 0 Å². The second-order valence-corrected chi connectivity index (χ2v) is 6.99. The van der Waals surface area contributed by atoms with Crippen molar-refractivity contribution in [2.75, 3.05) is 7.11 Å². The topological polar surface area (TPSA) is 72.5 Å². The maximum Gasteiger partial charge on any atom is 0.199 e. The third-order valence-corrected chi connectivity index (χ3v) is 4.93. The minimum Gasteiger partial charge on any atom is -0.494 e. The molecule has 8 heteroatoms. The van der Waals surface area contributed by atoms with E-state index in [2.05, 4.69) is 14.7 Å². The van der Waals surface area contributed by atoms with Gasteiger partial charge in [0.25, 0.3) is 0 Å². The summed E-state index contributed by atoms with van der Waals surface area (Å²) in [5.74, 6) is -0.00457. The minimum absolute atomic E-state index is 0.170. The molecule has 0 atom stereocenters. The van der Waals surface area contributed by atoms with Crippen LogP contribution in [0.15, 0.2) is 70.7 Å². The summed E-state index contributed by atoms with van der Waals surface area (Å²) in [6.45, 7) is 0.310. The summed E-state index contributed by atoms with van der Waals surface area (Å²) in [5, 5.41) is 0.281. The number of aromatic nitrogens is 1. The fraction of sp³-hybridized carbons (Fsp3) is 0.100. The zero-order valence-corrected chi connectivity index (χ0v) is 16.6. The van der Waals surface area contributed by atoms with Gasteiger partial charge in [0.05, 0.1) is 13.7 Å². The van der Waals surface area contributed by atoms with Crippen LogP contribution in [0.25, 0.3) is 11.1 Å². The molecule has 0 fully saturated rings. The molecule has 3 N–H and O–H groups in total. The lowest BCUT2D eigenvalue weighted by atomic mass is 10.1. The van der Waals surface area contributed by atoms with E-state index in [4.69, 9.17) is 22.1 Å². The second kappa shape index (κ2) is 9.43. The molecule has 144 valence electrons. The second-order valence-electron chi connectivity index (χ2n) is 5.75. The smallest absolute Gasteiger partial charge is 0.199 e. The number of nitrogens with one attached hydrogen (secondary N) is 1. The van der Waals surface area contributed by atoms with Crippen LogP contribution in [0.2, 0.25) is 5.15 Å². The molecular weight excluding hydrogens is 399 g/mol. The van der Waals surface area contributed by atoms with Gasteiger partial charge in [-0.2, -0.15) is 0 Å². The molecule has 3 aromatic rings. The van der Waals surface area contributed by atoms with E-state index >= 15 is 0 Å². The summed E-state index contributed by atoms with van der Waals surface area (Å²) in [7, 11) is 1.42. The van der Waals surface area contributed by atoms with E-state index in [1.807, 2.05) is 36.4 Å². The van der Waals surface area contributed by atoms with Gasteiger partial charge in [-0.15, -0.1) is 0 Å². The van der Waals surface area contributed by atoms with Crippen molar-refractivity contribution in [1.82, 2.24) is 9.71 Å². The highest BCUT2D eigenvalue weighted by atomic mass is 35.5. The van der Waals surface area contributed by atoms with Crippen molar-refractivity contribution < 1.29 is 9.13 Å². The van der Waals surface area contributed by atoms with Gasteiger partial charge in [-0.05, 0) is 53.4 Å². The van der Waals surface area contributed by atoms with Gasteiger partial charge in [0.2, 0.25) is 0 Å². The van der Waals surface area contributed by atoms with Gasteiger partial charge < -0.3 is 10.5 Å². The number of pyridine rings is 1. The van der Waals surface area contributed by atoms with Crippen molar-refractivity contribution in [3.63, 3.8) is 0 Å². The maximum atomic E-state index is 14.0. The number of hydrogen-bond acceptors (Lipinski definition) is 4. The van der Waals surface area contributed by atoms with Crippen molar-refractivity contribution >= 4 is 29.5 Å². The molecule has 0 spiro atoms.